The van der Waals surface area contributed by atoms with Crippen molar-refractivity contribution in [2.45, 2.75) is 59.0 Å². The summed E-state index contributed by atoms with van der Waals surface area (Å²) < 4.78 is 5.69. The molecule has 5 rings (SSSR count). The van der Waals surface area contributed by atoms with E-state index in [2.05, 4.69) is 22.5 Å². The molecule has 2 N–H and O–H groups in total. The van der Waals surface area contributed by atoms with Crippen molar-refractivity contribution < 1.29 is 33.5 Å². The summed E-state index contributed by atoms with van der Waals surface area (Å²) in [6.07, 6.45) is 1.38. The lowest BCUT2D eigenvalue weighted by atomic mass is 9.90. The fraction of sp³-hybridized carbons (Fsp3) is 0.394. The summed E-state index contributed by atoms with van der Waals surface area (Å²) in [4.78, 5) is 77.3. The van der Waals surface area contributed by atoms with Gasteiger partial charge in [-0.1, -0.05) is 38.7 Å². The lowest BCUT2D eigenvalue weighted by Gasteiger charge is -2.31. The summed E-state index contributed by atoms with van der Waals surface area (Å²) in [6, 6.07) is 9.18. The van der Waals surface area contributed by atoms with Crippen LogP contribution >= 0.6 is 0 Å². The summed E-state index contributed by atoms with van der Waals surface area (Å²) in [6.45, 7) is 7.16. The van der Waals surface area contributed by atoms with Gasteiger partial charge in [-0.05, 0) is 59.7 Å². The highest BCUT2D eigenvalue weighted by atomic mass is 16.5. The molecule has 0 aromatic heterocycles. The van der Waals surface area contributed by atoms with Crippen molar-refractivity contribution in [2.75, 3.05) is 19.7 Å². The van der Waals surface area contributed by atoms with Crippen LogP contribution in [0.2, 0.25) is 0 Å². The summed E-state index contributed by atoms with van der Waals surface area (Å²) in [5, 5.41) is 4.83. The molecule has 0 radical (unpaired) electrons. The molecule has 0 bridgehead atoms. The van der Waals surface area contributed by atoms with Crippen LogP contribution in [0.1, 0.15) is 77.4 Å². The summed E-state index contributed by atoms with van der Waals surface area (Å²) >= 11 is 0. The minimum atomic E-state index is -1.04. The van der Waals surface area contributed by atoms with Crippen molar-refractivity contribution in [3.63, 3.8) is 0 Å². The van der Waals surface area contributed by atoms with Crippen LogP contribution in [0.4, 0.5) is 0 Å². The third kappa shape index (κ3) is 6.80. The predicted octanol–water partition coefficient (Wildman–Crippen LogP) is 1.96. The van der Waals surface area contributed by atoms with Gasteiger partial charge in [0.1, 0.15) is 11.8 Å². The molecular formula is C33H34N4O7. The van der Waals surface area contributed by atoms with Gasteiger partial charge in [-0.3, -0.25) is 39.0 Å². The summed E-state index contributed by atoms with van der Waals surface area (Å²) in [7, 11) is 0. The highest BCUT2D eigenvalue weighted by Crippen LogP contribution is 2.29. The number of amides is 6. The van der Waals surface area contributed by atoms with Crippen molar-refractivity contribution in [3.05, 3.63) is 64.2 Å². The Labute approximate surface area is 255 Å². The number of nitrogens with zero attached hydrogens (tertiary/aromatic N) is 2. The van der Waals surface area contributed by atoms with Crippen LogP contribution < -0.4 is 15.4 Å². The van der Waals surface area contributed by atoms with E-state index in [1.807, 2.05) is 43.9 Å². The van der Waals surface area contributed by atoms with Crippen molar-refractivity contribution >= 4 is 35.4 Å². The van der Waals surface area contributed by atoms with Gasteiger partial charge in [-0.15, -0.1) is 0 Å². The number of nitrogens with one attached hydrogen (secondary N) is 2. The van der Waals surface area contributed by atoms with Gasteiger partial charge >= 0.3 is 0 Å². The van der Waals surface area contributed by atoms with E-state index in [1.165, 1.54) is 12.1 Å². The molecular weight excluding hydrogens is 564 g/mol. The molecule has 1 atom stereocenters. The van der Waals surface area contributed by atoms with Crippen LogP contribution in [0.5, 0.6) is 5.75 Å². The Morgan fingerprint density at radius 2 is 1.77 bits per heavy atom. The quantitative estimate of drug-likeness (QED) is 0.382. The molecule has 2 aromatic rings. The molecule has 1 unspecified atom stereocenters. The highest BCUT2D eigenvalue weighted by molar-refractivity contribution is 6.23. The Balaban J connectivity index is 1.12. The number of hydrogen-bond acceptors (Lipinski definition) is 7. The predicted molar refractivity (Wildman–Crippen MR) is 158 cm³/mol. The molecule has 44 heavy (non-hydrogen) atoms. The minimum absolute atomic E-state index is 0.0313. The molecule has 11 heteroatoms. The first-order valence-corrected chi connectivity index (χ1v) is 14.5. The third-order valence-corrected chi connectivity index (χ3v) is 7.64. The van der Waals surface area contributed by atoms with Gasteiger partial charge in [0.05, 0.1) is 17.7 Å². The first kappa shape index (κ1) is 30.5. The smallest absolute Gasteiger partial charge is 0.262 e. The maximum Gasteiger partial charge on any atom is 0.262 e. The van der Waals surface area contributed by atoms with Crippen molar-refractivity contribution in [3.8, 4) is 17.6 Å². The van der Waals surface area contributed by atoms with Gasteiger partial charge in [0.2, 0.25) is 17.7 Å². The zero-order valence-corrected chi connectivity index (χ0v) is 25.0. The number of ether oxygens (including phenoxy) is 1. The number of hydrogen-bond donors (Lipinski definition) is 2. The Bertz CT molecular complexity index is 1630. The first-order valence-electron chi connectivity index (χ1n) is 14.5. The Morgan fingerprint density at radius 1 is 1.00 bits per heavy atom. The Morgan fingerprint density at radius 3 is 2.52 bits per heavy atom. The fourth-order valence-corrected chi connectivity index (χ4v) is 5.44. The van der Waals surface area contributed by atoms with Gasteiger partial charge in [0, 0.05) is 31.5 Å². The first-order chi connectivity index (χ1) is 20.9. The Kier molecular flexibility index (Phi) is 8.54. The molecule has 3 aliphatic rings. The van der Waals surface area contributed by atoms with E-state index in [4.69, 9.17) is 4.74 Å². The average molecular weight is 599 g/mol. The van der Waals surface area contributed by atoms with Gasteiger partial charge in [-0.25, -0.2) is 0 Å². The van der Waals surface area contributed by atoms with E-state index in [9.17, 15) is 28.8 Å². The standard InChI is InChI=1S/C33H34N4O7/c1-33(2,3)17-29(40)36-14-12-21-7-8-23(16-22(21)18-36)44-19-28(39)34-13-4-5-20-6-9-24-25(15-20)32(43)37(31(24)42)26-10-11-27(38)35-30(26)41/h6-9,15-16,26H,10-14,17-19H2,1-3H3,(H,34,39)(H,35,38,41). The van der Waals surface area contributed by atoms with Crippen LogP contribution in [-0.4, -0.2) is 71.0 Å². The van der Waals surface area contributed by atoms with Crippen molar-refractivity contribution in [2.24, 2.45) is 5.41 Å². The number of fused-ring (bicyclic) bond motifs is 2. The van der Waals surface area contributed by atoms with Gasteiger partial charge in [0.15, 0.2) is 6.61 Å². The zero-order chi connectivity index (χ0) is 31.6. The number of piperidine rings is 1. The van der Waals surface area contributed by atoms with Crippen molar-refractivity contribution in [1.82, 2.24) is 20.4 Å². The van der Waals surface area contributed by atoms with Gasteiger partial charge in [-0.2, -0.15) is 0 Å². The fourth-order valence-electron chi connectivity index (χ4n) is 5.44. The average Bonchev–Trinajstić information content (AvgIpc) is 3.21. The van der Waals surface area contributed by atoms with E-state index >= 15 is 0 Å². The van der Waals surface area contributed by atoms with Crippen LogP contribution in [0.25, 0.3) is 0 Å². The SMILES string of the molecule is CC(C)(C)CC(=O)N1CCc2ccc(OCC(=O)NCC#Cc3ccc4c(c3)C(=O)N(C3CCC(=O)NC3=O)C4=O)cc2C1. The van der Waals surface area contributed by atoms with E-state index in [1.54, 1.807) is 6.07 Å². The normalized spacial score (nSPS) is 17.8. The third-order valence-electron chi connectivity index (χ3n) is 7.64. The highest BCUT2D eigenvalue weighted by Gasteiger charge is 2.44. The number of carbonyl (C=O) groups is 6. The van der Waals surface area contributed by atoms with Crippen LogP contribution in [0.3, 0.4) is 0 Å². The molecule has 2 aromatic carbocycles. The molecule has 228 valence electrons. The monoisotopic (exact) mass is 598 g/mol. The summed E-state index contributed by atoms with van der Waals surface area (Å²) in [5.74, 6) is 3.69. The molecule has 11 nitrogen and oxygen atoms in total. The van der Waals surface area contributed by atoms with E-state index in [0.717, 1.165) is 22.4 Å². The second kappa shape index (κ2) is 12.3. The maximum atomic E-state index is 13.0. The van der Waals surface area contributed by atoms with Crippen LogP contribution in [-0.2, 0) is 32.1 Å². The minimum Gasteiger partial charge on any atom is -0.484 e. The molecule has 1 saturated heterocycles. The van der Waals surface area contributed by atoms with Crippen molar-refractivity contribution in [1.29, 1.82) is 0 Å². The second-order valence-corrected chi connectivity index (χ2v) is 12.3. The van der Waals surface area contributed by atoms with Gasteiger partial charge < -0.3 is 15.0 Å². The molecule has 3 aliphatic heterocycles. The van der Waals surface area contributed by atoms with Crippen LogP contribution in [0.15, 0.2) is 36.4 Å². The second-order valence-electron chi connectivity index (χ2n) is 12.3. The topological polar surface area (TPSA) is 142 Å². The zero-order valence-electron chi connectivity index (χ0n) is 25.0. The molecule has 0 aliphatic carbocycles. The lowest BCUT2D eigenvalue weighted by Crippen LogP contribution is -2.54. The number of carbonyl (C=O) groups excluding carboxylic acids is 6. The largest absolute Gasteiger partial charge is 0.484 e. The van der Waals surface area contributed by atoms with E-state index in [-0.39, 0.29) is 54.3 Å². The molecule has 0 saturated carbocycles. The number of imide groups is 2. The molecule has 3 heterocycles. The maximum absolute atomic E-state index is 13.0. The van der Waals surface area contributed by atoms with Gasteiger partial charge in [0.25, 0.3) is 17.7 Å². The van der Waals surface area contributed by atoms with Crippen LogP contribution in [0, 0.1) is 17.3 Å². The molecule has 0 spiro atoms. The summed E-state index contributed by atoms with van der Waals surface area (Å²) in [5.41, 5.74) is 2.86. The molecule has 1 fully saturated rings. The molecule has 6 amide bonds. The lowest BCUT2D eigenvalue weighted by molar-refractivity contribution is -0.136. The van der Waals surface area contributed by atoms with E-state index < -0.39 is 29.7 Å². The Hall–Kier alpha value is -4.98. The number of benzene rings is 2. The van der Waals surface area contributed by atoms with E-state index in [0.29, 0.717) is 30.8 Å². The number of rotatable bonds is 6.